The second-order valence-corrected chi connectivity index (χ2v) is 9.82. The van der Waals surface area contributed by atoms with Crippen LogP contribution in [0.4, 0.5) is 4.39 Å². The first-order valence-electron chi connectivity index (χ1n) is 10.9. The van der Waals surface area contributed by atoms with Gasteiger partial charge in [-0.15, -0.1) is 31.7 Å². The smallest absolute Gasteiger partial charge is 0.257 e. The van der Waals surface area contributed by atoms with Gasteiger partial charge in [-0.05, 0) is 54.8 Å². The van der Waals surface area contributed by atoms with Gasteiger partial charge in [0.25, 0.3) is 5.89 Å². The molecule has 3 heterocycles. The molecule has 34 heavy (non-hydrogen) atoms. The minimum Gasteiger partial charge on any atom is -0.419 e. The molecule has 5 rings (SSSR count). The number of hydrogen-bond donors (Lipinski definition) is 0. The summed E-state index contributed by atoms with van der Waals surface area (Å²) in [6.07, 6.45) is 0.987. The summed E-state index contributed by atoms with van der Waals surface area (Å²) in [5, 5.41) is 18.0. The number of aryl methyl sites for hydroxylation is 2. The molecule has 0 bridgehead atoms. The van der Waals surface area contributed by atoms with Gasteiger partial charge in [0.2, 0.25) is 5.89 Å². The fourth-order valence-corrected chi connectivity index (χ4v) is 5.44. The standard InChI is InChI=1S/C25H22FN5OS2/c1-3-20-16(2)13-21(34-20)24-29-27-22(32-24)15-33-25-30-28-23(18-9-11-19(26)12-10-18)31(25)14-17-7-5-4-6-8-17/h4-13H,3,14-15H2,1-2H3. The highest BCUT2D eigenvalue weighted by Crippen LogP contribution is 2.32. The van der Waals surface area contributed by atoms with Crippen LogP contribution in [0.25, 0.3) is 22.2 Å². The molecule has 3 aromatic heterocycles. The summed E-state index contributed by atoms with van der Waals surface area (Å²) < 4.78 is 21.4. The lowest BCUT2D eigenvalue weighted by atomic mass is 10.2. The molecule has 0 saturated carbocycles. The number of nitrogens with zero attached hydrogens (tertiary/aromatic N) is 5. The van der Waals surface area contributed by atoms with Crippen LogP contribution in [0.1, 0.15) is 28.8 Å². The first-order chi connectivity index (χ1) is 16.6. The number of thioether (sulfide) groups is 1. The lowest BCUT2D eigenvalue weighted by molar-refractivity contribution is 0.529. The molecule has 0 amide bonds. The van der Waals surface area contributed by atoms with Crippen molar-refractivity contribution in [1.29, 1.82) is 0 Å². The number of halogens is 1. The summed E-state index contributed by atoms with van der Waals surface area (Å²) in [4.78, 5) is 2.32. The van der Waals surface area contributed by atoms with E-state index < -0.39 is 0 Å². The van der Waals surface area contributed by atoms with Crippen molar-refractivity contribution >= 4 is 23.1 Å². The van der Waals surface area contributed by atoms with Gasteiger partial charge in [-0.1, -0.05) is 49.0 Å². The van der Waals surface area contributed by atoms with Crippen LogP contribution in [-0.2, 0) is 18.7 Å². The largest absolute Gasteiger partial charge is 0.419 e. The van der Waals surface area contributed by atoms with E-state index in [0.29, 0.717) is 29.9 Å². The van der Waals surface area contributed by atoms with E-state index in [4.69, 9.17) is 4.42 Å². The second kappa shape index (κ2) is 9.90. The molecule has 9 heteroatoms. The van der Waals surface area contributed by atoms with Crippen LogP contribution in [0.2, 0.25) is 0 Å². The number of rotatable bonds is 8. The zero-order valence-corrected chi connectivity index (χ0v) is 20.4. The van der Waals surface area contributed by atoms with E-state index >= 15 is 0 Å². The van der Waals surface area contributed by atoms with Crippen molar-refractivity contribution in [2.24, 2.45) is 0 Å². The van der Waals surface area contributed by atoms with E-state index in [0.717, 1.165) is 27.6 Å². The molecular weight excluding hydrogens is 469 g/mol. The van der Waals surface area contributed by atoms with Crippen molar-refractivity contribution in [3.05, 3.63) is 88.4 Å². The summed E-state index contributed by atoms with van der Waals surface area (Å²) in [6, 6.07) is 18.5. The Balaban J connectivity index is 1.39. The zero-order valence-electron chi connectivity index (χ0n) is 18.7. The maximum atomic E-state index is 13.5. The van der Waals surface area contributed by atoms with Gasteiger partial charge in [0.05, 0.1) is 17.2 Å². The van der Waals surface area contributed by atoms with Crippen molar-refractivity contribution in [3.8, 4) is 22.2 Å². The van der Waals surface area contributed by atoms with E-state index in [-0.39, 0.29) is 5.82 Å². The number of benzene rings is 2. The van der Waals surface area contributed by atoms with Gasteiger partial charge in [-0.25, -0.2) is 4.39 Å². The Kier molecular flexibility index (Phi) is 6.55. The third-order valence-electron chi connectivity index (χ3n) is 5.35. The predicted octanol–water partition coefficient (Wildman–Crippen LogP) is 6.41. The topological polar surface area (TPSA) is 69.6 Å². The lowest BCUT2D eigenvalue weighted by Crippen LogP contribution is -2.04. The monoisotopic (exact) mass is 491 g/mol. The number of thiophene rings is 1. The molecular formula is C25H22FN5OS2. The van der Waals surface area contributed by atoms with Gasteiger partial charge < -0.3 is 4.42 Å². The molecule has 6 nitrogen and oxygen atoms in total. The third kappa shape index (κ3) is 4.80. The summed E-state index contributed by atoms with van der Waals surface area (Å²) >= 11 is 3.17. The number of hydrogen-bond acceptors (Lipinski definition) is 7. The molecule has 2 aromatic carbocycles. The van der Waals surface area contributed by atoms with Crippen molar-refractivity contribution in [1.82, 2.24) is 25.0 Å². The average molecular weight is 492 g/mol. The second-order valence-electron chi connectivity index (χ2n) is 7.74. The minimum absolute atomic E-state index is 0.285. The molecule has 0 spiro atoms. The Hall–Kier alpha value is -3.30. The van der Waals surface area contributed by atoms with Crippen LogP contribution < -0.4 is 0 Å². The maximum absolute atomic E-state index is 13.5. The molecule has 0 aliphatic carbocycles. The molecule has 0 N–H and O–H groups in total. The summed E-state index contributed by atoms with van der Waals surface area (Å²) in [7, 11) is 0. The normalized spacial score (nSPS) is 11.3. The first kappa shape index (κ1) is 22.5. The highest BCUT2D eigenvalue weighted by molar-refractivity contribution is 7.98. The van der Waals surface area contributed by atoms with Crippen molar-refractivity contribution < 1.29 is 8.81 Å². The fraction of sp³-hybridized carbons (Fsp3) is 0.200. The van der Waals surface area contributed by atoms with Gasteiger partial charge in [0.15, 0.2) is 11.0 Å². The predicted molar refractivity (Wildman–Crippen MR) is 132 cm³/mol. The van der Waals surface area contributed by atoms with Gasteiger partial charge in [0.1, 0.15) is 5.82 Å². The molecule has 0 fully saturated rings. The SMILES string of the molecule is CCc1sc(-c2nnc(CSc3nnc(-c4ccc(F)cc4)n3Cc3ccccc3)o2)cc1C. The zero-order chi connectivity index (χ0) is 23.5. The van der Waals surface area contributed by atoms with E-state index in [1.165, 1.54) is 34.3 Å². The highest BCUT2D eigenvalue weighted by atomic mass is 32.2. The number of aromatic nitrogens is 5. The lowest BCUT2D eigenvalue weighted by Gasteiger charge is -2.10. The minimum atomic E-state index is -0.285. The summed E-state index contributed by atoms with van der Waals surface area (Å²) in [5.74, 6) is 1.93. The summed E-state index contributed by atoms with van der Waals surface area (Å²) in [5.41, 5.74) is 3.17. The van der Waals surface area contributed by atoms with Crippen molar-refractivity contribution in [2.45, 2.75) is 37.7 Å². The maximum Gasteiger partial charge on any atom is 0.257 e. The van der Waals surface area contributed by atoms with Gasteiger partial charge in [-0.3, -0.25) is 4.57 Å². The Morgan fingerprint density at radius 1 is 1.00 bits per heavy atom. The van der Waals surface area contributed by atoms with E-state index in [2.05, 4.69) is 52.4 Å². The summed E-state index contributed by atoms with van der Waals surface area (Å²) in [6.45, 7) is 4.83. The molecule has 172 valence electrons. The third-order valence-corrected chi connectivity index (χ3v) is 7.67. The van der Waals surface area contributed by atoms with E-state index in [9.17, 15) is 4.39 Å². The fourth-order valence-electron chi connectivity index (χ4n) is 3.63. The molecule has 5 aromatic rings. The van der Waals surface area contributed by atoms with Crippen molar-refractivity contribution in [2.75, 3.05) is 0 Å². The Morgan fingerprint density at radius 2 is 1.79 bits per heavy atom. The first-order valence-corrected chi connectivity index (χ1v) is 12.7. The molecule has 0 aliphatic heterocycles. The van der Waals surface area contributed by atoms with E-state index in [1.54, 1.807) is 23.5 Å². The average Bonchev–Trinajstić information content (AvgIpc) is 3.57. The highest BCUT2D eigenvalue weighted by Gasteiger charge is 2.18. The Bertz CT molecular complexity index is 1390. The van der Waals surface area contributed by atoms with Crippen LogP contribution >= 0.6 is 23.1 Å². The van der Waals surface area contributed by atoms with Crippen molar-refractivity contribution in [3.63, 3.8) is 0 Å². The molecule has 0 atom stereocenters. The van der Waals surface area contributed by atoms with Gasteiger partial charge in [-0.2, -0.15) is 0 Å². The van der Waals surface area contributed by atoms with Crippen LogP contribution in [0.15, 0.2) is 70.2 Å². The van der Waals surface area contributed by atoms with Crippen LogP contribution in [-0.4, -0.2) is 25.0 Å². The van der Waals surface area contributed by atoms with Crippen LogP contribution in [0.3, 0.4) is 0 Å². The van der Waals surface area contributed by atoms with Crippen LogP contribution in [0.5, 0.6) is 0 Å². The Labute approximate surface area is 204 Å². The Morgan fingerprint density at radius 3 is 2.53 bits per heavy atom. The molecule has 0 saturated heterocycles. The van der Waals surface area contributed by atoms with Gasteiger partial charge in [0, 0.05) is 10.4 Å². The molecule has 0 aliphatic rings. The van der Waals surface area contributed by atoms with Crippen LogP contribution in [0, 0.1) is 12.7 Å². The molecule has 0 radical (unpaired) electrons. The molecule has 0 unspecified atom stereocenters. The van der Waals surface area contributed by atoms with E-state index in [1.807, 2.05) is 22.8 Å². The van der Waals surface area contributed by atoms with Gasteiger partial charge >= 0.3 is 0 Å². The quantitative estimate of drug-likeness (QED) is 0.234.